The summed E-state index contributed by atoms with van der Waals surface area (Å²) in [6.07, 6.45) is -9.32. The van der Waals surface area contributed by atoms with Crippen molar-refractivity contribution < 1.29 is 35.9 Å². The second kappa shape index (κ2) is 7.85. The molecule has 1 heterocycles. The molecule has 10 heteroatoms. The lowest BCUT2D eigenvalue weighted by Crippen LogP contribution is -2.32. The molecule has 0 bridgehead atoms. The molecule has 4 nitrogen and oxygen atoms in total. The molecule has 2 rings (SSSR count). The number of nitrogens with zero attached hydrogens (tertiary/aromatic N) is 1. The number of ether oxygens (including phenoxy) is 1. The van der Waals surface area contributed by atoms with Crippen molar-refractivity contribution in [1.29, 1.82) is 0 Å². The van der Waals surface area contributed by atoms with Crippen molar-refractivity contribution in [2.24, 2.45) is 0 Å². The maximum atomic E-state index is 13.3. The molecule has 1 aromatic heterocycles. The van der Waals surface area contributed by atoms with Crippen molar-refractivity contribution in [2.75, 3.05) is 6.61 Å². The minimum atomic E-state index is -4.77. The normalized spacial score (nSPS) is 13.1. The zero-order chi connectivity index (χ0) is 20.2. The summed E-state index contributed by atoms with van der Waals surface area (Å²) in [5.41, 5.74) is -2.66. The number of amides is 1. The maximum absolute atomic E-state index is 13.3. The smallest absolute Gasteiger partial charge is 0.418 e. The first-order valence-corrected chi connectivity index (χ1v) is 7.66. The number of hydrogen-bond acceptors (Lipinski definition) is 3. The molecule has 0 aliphatic heterocycles. The zero-order valence-electron chi connectivity index (χ0n) is 13.9. The van der Waals surface area contributed by atoms with Crippen LogP contribution in [0, 0.1) is 0 Å². The Morgan fingerprint density at radius 2 is 1.70 bits per heavy atom. The van der Waals surface area contributed by atoms with Crippen LogP contribution in [-0.2, 0) is 17.1 Å². The van der Waals surface area contributed by atoms with Gasteiger partial charge in [-0.3, -0.25) is 4.98 Å². The van der Waals surface area contributed by atoms with E-state index in [0.29, 0.717) is 12.1 Å². The van der Waals surface area contributed by atoms with Crippen LogP contribution < -0.4 is 5.32 Å². The van der Waals surface area contributed by atoms with Crippen LogP contribution in [0.3, 0.4) is 0 Å². The van der Waals surface area contributed by atoms with E-state index in [-0.39, 0.29) is 12.2 Å². The number of alkyl halides is 6. The van der Waals surface area contributed by atoms with Gasteiger partial charge in [-0.05, 0) is 36.8 Å². The standard InChI is InChI=1S/C17H14F6N2O2/c1-2-27-15(26)25-13(10-5-7-11(8-6-10)16(18,19)20)14-12(17(21,22)23)4-3-9-24-14/h3-9,13H,2H2,1H3,(H,25,26)/t13-/m0/s1. The summed E-state index contributed by atoms with van der Waals surface area (Å²) < 4.78 is 82.7. The Morgan fingerprint density at radius 1 is 1.07 bits per heavy atom. The molecule has 146 valence electrons. The Hall–Kier alpha value is -2.78. The molecule has 0 unspecified atom stereocenters. The number of nitrogens with one attached hydrogen (secondary N) is 1. The van der Waals surface area contributed by atoms with Crippen LogP contribution in [0.1, 0.15) is 35.3 Å². The minimum Gasteiger partial charge on any atom is -0.450 e. The summed E-state index contributed by atoms with van der Waals surface area (Å²) in [7, 11) is 0. The SMILES string of the molecule is CCOC(=O)N[C@@H](c1ccc(C(F)(F)F)cc1)c1ncccc1C(F)(F)F. The van der Waals surface area contributed by atoms with Crippen molar-refractivity contribution in [1.82, 2.24) is 10.3 Å². The Bertz CT molecular complexity index is 787. The van der Waals surface area contributed by atoms with Gasteiger partial charge in [0.1, 0.15) is 6.04 Å². The molecule has 0 aliphatic carbocycles. The molecule has 0 fully saturated rings. The molecule has 0 saturated carbocycles. The monoisotopic (exact) mass is 392 g/mol. The molecule has 0 aliphatic rings. The lowest BCUT2D eigenvalue weighted by atomic mass is 9.98. The number of carbonyl (C=O) groups is 1. The largest absolute Gasteiger partial charge is 0.450 e. The van der Waals surface area contributed by atoms with Gasteiger partial charge in [-0.25, -0.2) is 4.79 Å². The number of alkyl carbamates (subject to hydrolysis) is 1. The van der Waals surface area contributed by atoms with Crippen LogP contribution in [0.5, 0.6) is 0 Å². The third kappa shape index (κ3) is 5.11. The highest BCUT2D eigenvalue weighted by atomic mass is 19.4. The quantitative estimate of drug-likeness (QED) is 0.749. The fourth-order valence-electron chi connectivity index (χ4n) is 2.35. The van der Waals surface area contributed by atoms with Gasteiger partial charge in [-0.2, -0.15) is 26.3 Å². The Kier molecular flexibility index (Phi) is 5.97. The number of aromatic nitrogens is 1. The molecule has 0 saturated heterocycles. The third-order valence-corrected chi connectivity index (χ3v) is 3.53. The molecule has 1 atom stereocenters. The lowest BCUT2D eigenvalue weighted by Gasteiger charge is -2.22. The minimum absolute atomic E-state index is 0.0137. The van der Waals surface area contributed by atoms with Gasteiger partial charge in [0.25, 0.3) is 0 Å². The Balaban J connectivity index is 2.52. The van der Waals surface area contributed by atoms with Crippen LogP contribution in [0.4, 0.5) is 31.1 Å². The maximum Gasteiger partial charge on any atom is 0.418 e. The molecule has 1 N–H and O–H groups in total. The first-order chi connectivity index (χ1) is 12.5. The molecule has 27 heavy (non-hydrogen) atoms. The number of rotatable bonds is 4. The van der Waals surface area contributed by atoms with Gasteiger partial charge < -0.3 is 10.1 Å². The fourth-order valence-corrected chi connectivity index (χ4v) is 2.35. The lowest BCUT2D eigenvalue weighted by molar-refractivity contribution is -0.139. The highest BCUT2D eigenvalue weighted by molar-refractivity contribution is 5.68. The second-order valence-corrected chi connectivity index (χ2v) is 5.35. The fraction of sp³-hybridized carbons (Fsp3) is 0.294. The van der Waals surface area contributed by atoms with Crippen molar-refractivity contribution in [3.05, 3.63) is 65.0 Å². The highest BCUT2D eigenvalue weighted by Gasteiger charge is 2.37. The number of benzene rings is 1. The van der Waals surface area contributed by atoms with E-state index in [1.54, 1.807) is 0 Å². The summed E-state index contributed by atoms with van der Waals surface area (Å²) in [4.78, 5) is 15.5. The van der Waals surface area contributed by atoms with Crippen molar-refractivity contribution >= 4 is 6.09 Å². The van der Waals surface area contributed by atoms with Gasteiger partial charge in [-0.15, -0.1) is 0 Å². The first kappa shape index (κ1) is 20.5. The first-order valence-electron chi connectivity index (χ1n) is 7.66. The van der Waals surface area contributed by atoms with Gasteiger partial charge in [0.15, 0.2) is 0 Å². The average Bonchev–Trinajstić information content (AvgIpc) is 2.58. The molecule has 0 radical (unpaired) electrons. The van der Waals surface area contributed by atoms with Crippen LogP contribution >= 0.6 is 0 Å². The number of pyridine rings is 1. The second-order valence-electron chi connectivity index (χ2n) is 5.35. The molecule has 1 aromatic carbocycles. The van der Waals surface area contributed by atoms with Crippen LogP contribution in [0.2, 0.25) is 0 Å². The van der Waals surface area contributed by atoms with E-state index in [4.69, 9.17) is 0 Å². The summed E-state index contributed by atoms with van der Waals surface area (Å²) in [6.45, 7) is 1.45. The van der Waals surface area contributed by atoms with E-state index in [2.05, 4.69) is 15.0 Å². The van der Waals surface area contributed by atoms with Crippen molar-refractivity contribution in [3.8, 4) is 0 Å². The predicted molar refractivity (Wildman–Crippen MR) is 82.7 cm³/mol. The molecular weight excluding hydrogens is 378 g/mol. The van der Waals surface area contributed by atoms with Gasteiger partial charge in [0.2, 0.25) is 0 Å². The van der Waals surface area contributed by atoms with E-state index in [1.807, 2.05) is 0 Å². The van der Waals surface area contributed by atoms with Crippen LogP contribution in [0.15, 0.2) is 42.6 Å². The van der Waals surface area contributed by atoms with E-state index in [9.17, 15) is 31.1 Å². The van der Waals surface area contributed by atoms with Gasteiger partial charge in [0.05, 0.1) is 23.4 Å². The molecule has 0 spiro atoms. The topological polar surface area (TPSA) is 51.2 Å². The van der Waals surface area contributed by atoms with Gasteiger partial charge in [-0.1, -0.05) is 12.1 Å². The number of hydrogen-bond donors (Lipinski definition) is 1. The summed E-state index contributed by atoms with van der Waals surface area (Å²) in [5.74, 6) is 0. The third-order valence-electron chi connectivity index (χ3n) is 3.53. The molecule has 1 amide bonds. The van der Waals surface area contributed by atoms with E-state index in [0.717, 1.165) is 30.5 Å². The summed E-state index contributed by atoms with van der Waals surface area (Å²) >= 11 is 0. The summed E-state index contributed by atoms with van der Waals surface area (Å²) in [5, 5.41) is 2.22. The van der Waals surface area contributed by atoms with Crippen molar-refractivity contribution in [3.63, 3.8) is 0 Å². The molecule has 2 aromatic rings. The van der Waals surface area contributed by atoms with Crippen molar-refractivity contribution in [2.45, 2.75) is 25.3 Å². The summed E-state index contributed by atoms with van der Waals surface area (Å²) in [6, 6.07) is 3.77. The van der Waals surface area contributed by atoms with Gasteiger partial charge >= 0.3 is 18.4 Å². The van der Waals surface area contributed by atoms with E-state index in [1.165, 1.54) is 6.92 Å². The number of carbonyl (C=O) groups excluding carboxylic acids is 1. The van der Waals surface area contributed by atoms with Gasteiger partial charge in [0, 0.05) is 6.20 Å². The highest BCUT2D eigenvalue weighted by Crippen LogP contribution is 2.36. The molecular formula is C17H14F6N2O2. The predicted octanol–water partition coefficient (Wildman–Crippen LogP) is 4.95. The average molecular weight is 392 g/mol. The van der Waals surface area contributed by atoms with Crippen LogP contribution in [-0.4, -0.2) is 17.7 Å². The van der Waals surface area contributed by atoms with E-state index >= 15 is 0 Å². The van der Waals surface area contributed by atoms with E-state index < -0.39 is 41.3 Å². The number of halogens is 6. The zero-order valence-corrected chi connectivity index (χ0v) is 13.9. The Labute approximate surface area is 150 Å². The Morgan fingerprint density at radius 3 is 2.22 bits per heavy atom. The van der Waals surface area contributed by atoms with Crippen LogP contribution in [0.25, 0.3) is 0 Å².